The van der Waals surface area contributed by atoms with Gasteiger partial charge in [0.05, 0.1) is 6.33 Å². The lowest BCUT2D eigenvalue weighted by atomic mass is 10.2. The second kappa shape index (κ2) is 6.70. The van der Waals surface area contributed by atoms with Crippen LogP contribution < -0.4 is 5.32 Å². The summed E-state index contributed by atoms with van der Waals surface area (Å²) in [5, 5.41) is 3.46. The Balaban J connectivity index is 1.55. The summed E-state index contributed by atoms with van der Waals surface area (Å²) in [7, 11) is 0. The van der Waals surface area contributed by atoms with Crippen molar-refractivity contribution in [3.05, 3.63) is 82.9 Å². The molecule has 0 saturated carbocycles. The van der Waals surface area contributed by atoms with Crippen molar-refractivity contribution in [1.82, 2.24) is 14.9 Å². The summed E-state index contributed by atoms with van der Waals surface area (Å²) in [6.45, 7) is 1.73. The maximum Gasteiger partial charge on any atom is 0.0991 e. The van der Waals surface area contributed by atoms with E-state index >= 15 is 0 Å². The summed E-state index contributed by atoms with van der Waals surface area (Å²) < 4.78 is 3.11. The maximum absolute atomic E-state index is 4.06. The molecule has 0 bridgehead atoms. The zero-order valence-electron chi connectivity index (χ0n) is 11.5. The van der Waals surface area contributed by atoms with Gasteiger partial charge >= 0.3 is 0 Å². The molecule has 0 amide bonds. The third-order valence-corrected chi connectivity index (χ3v) is 3.84. The van der Waals surface area contributed by atoms with Gasteiger partial charge in [0.1, 0.15) is 0 Å². The number of aromatic nitrogens is 2. The molecular weight excluding hydrogens is 326 g/mol. The summed E-state index contributed by atoms with van der Waals surface area (Å²) in [4.78, 5) is 4.06. The van der Waals surface area contributed by atoms with Crippen LogP contribution in [0.3, 0.4) is 0 Å². The van der Waals surface area contributed by atoms with E-state index in [4.69, 9.17) is 0 Å². The number of rotatable bonds is 5. The molecule has 0 spiro atoms. The maximum atomic E-state index is 4.06. The van der Waals surface area contributed by atoms with Gasteiger partial charge in [-0.15, -0.1) is 0 Å². The Morgan fingerprint density at radius 3 is 2.10 bits per heavy atom. The largest absolute Gasteiger partial charge is 0.309 e. The summed E-state index contributed by atoms with van der Waals surface area (Å²) in [5.41, 5.74) is 3.69. The van der Waals surface area contributed by atoms with Crippen LogP contribution in [0.4, 0.5) is 0 Å². The molecular formula is C17H16BrN3. The zero-order chi connectivity index (χ0) is 14.5. The zero-order valence-corrected chi connectivity index (χ0v) is 13.1. The van der Waals surface area contributed by atoms with E-state index in [1.165, 1.54) is 11.1 Å². The summed E-state index contributed by atoms with van der Waals surface area (Å²) in [5.74, 6) is 0. The van der Waals surface area contributed by atoms with Gasteiger partial charge in [-0.2, -0.15) is 0 Å². The lowest BCUT2D eigenvalue weighted by Crippen LogP contribution is -2.12. The van der Waals surface area contributed by atoms with Gasteiger partial charge in [-0.1, -0.05) is 40.2 Å². The summed E-state index contributed by atoms with van der Waals surface area (Å²) in [6, 6.07) is 16.9. The highest BCUT2D eigenvalue weighted by Crippen LogP contribution is 2.11. The first-order chi connectivity index (χ1) is 10.3. The Labute approximate surface area is 132 Å². The van der Waals surface area contributed by atoms with Gasteiger partial charge in [0.15, 0.2) is 0 Å². The highest BCUT2D eigenvalue weighted by atomic mass is 79.9. The van der Waals surface area contributed by atoms with Crippen molar-refractivity contribution < 1.29 is 0 Å². The number of hydrogen-bond donors (Lipinski definition) is 1. The molecule has 1 N–H and O–H groups in total. The number of nitrogens with one attached hydrogen (secondary N) is 1. The van der Waals surface area contributed by atoms with E-state index in [0.29, 0.717) is 0 Å². The van der Waals surface area contributed by atoms with Crippen LogP contribution in [-0.2, 0) is 13.1 Å². The molecule has 2 aromatic carbocycles. The van der Waals surface area contributed by atoms with E-state index < -0.39 is 0 Å². The predicted molar refractivity (Wildman–Crippen MR) is 88.2 cm³/mol. The van der Waals surface area contributed by atoms with E-state index in [9.17, 15) is 0 Å². The van der Waals surface area contributed by atoms with Crippen LogP contribution >= 0.6 is 15.9 Å². The minimum Gasteiger partial charge on any atom is -0.309 e. The van der Waals surface area contributed by atoms with Crippen LogP contribution in [-0.4, -0.2) is 9.55 Å². The molecule has 0 aliphatic rings. The van der Waals surface area contributed by atoms with Crippen LogP contribution in [0.1, 0.15) is 11.1 Å². The Kier molecular flexibility index (Phi) is 4.48. The van der Waals surface area contributed by atoms with Crippen molar-refractivity contribution >= 4 is 15.9 Å². The van der Waals surface area contributed by atoms with Crippen molar-refractivity contribution in [2.24, 2.45) is 0 Å². The van der Waals surface area contributed by atoms with Crippen molar-refractivity contribution in [1.29, 1.82) is 0 Å². The number of hydrogen-bond acceptors (Lipinski definition) is 2. The molecule has 0 fully saturated rings. The monoisotopic (exact) mass is 341 g/mol. The normalized spacial score (nSPS) is 10.7. The molecule has 0 radical (unpaired) electrons. The molecule has 1 aromatic heterocycles. The minimum absolute atomic E-state index is 0.861. The molecule has 3 aromatic rings. The number of imidazole rings is 1. The second-order valence-corrected chi connectivity index (χ2v) is 5.78. The Morgan fingerprint density at radius 1 is 0.905 bits per heavy atom. The molecule has 106 valence electrons. The molecule has 0 aliphatic carbocycles. The lowest BCUT2D eigenvalue weighted by Gasteiger charge is -2.07. The molecule has 21 heavy (non-hydrogen) atoms. The van der Waals surface area contributed by atoms with Crippen molar-refractivity contribution in [2.75, 3.05) is 0 Å². The van der Waals surface area contributed by atoms with Crippen LogP contribution in [0.2, 0.25) is 0 Å². The topological polar surface area (TPSA) is 29.9 Å². The number of nitrogens with zero attached hydrogens (tertiary/aromatic N) is 2. The Hall–Kier alpha value is -1.91. The van der Waals surface area contributed by atoms with E-state index in [0.717, 1.165) is 23.2 Å². The van der Waals surface area contributed by atoms with Gasteiger partial charge in [0.25, 0.3) is 0 Å². The highest BCUT2D eigenvalue weighted by molar-refractivity contribution is 9.10. The first-order valence-electron chi connectivity index (χ1n) is 6.84. The average Bonchev–Trinajstić information content (AvgIpc) is 3.04. The fourth-order valence-corrected chi connectivity index (χ4v) is 2.42. The smallest absolute Gasteiger partial charge is 0.0991 e. The van der Waals surface area contributed by atoms with Crippen LogP contribution in [0.15, 0.2) is 71.7 Å². The van der Waals surface area contributed by atoms with Gasteiger partial charge < -0.3 is 9.88 Å². The van der Waals surface area contributed by atoms with Gasteiger partial charge in [0, 0.05) is 35.6 Å². The molecule has 3 nitrogen and oxygen atoms in total. The first kappa shape index (κ1) is 14.0. The molecule has 4 heteroatoms. The van der Waals surface area contributed by atoms with E-state index in [2.05, 4.69) is 74.8 Å². The molecule has 0 atom stereocenters. The molecule has 0 saturated heterocycles. The standard InChI is InChI=1S/C17H16BrN3/c18-16-5-1-14(2-6-16)11-20-12-15-3-7-17(8-4-15)21-10-9-19-13-21/h1-10,13,20H,11-12H2. The fourth-order valence-electron chi connectivity index (χ4n) is 2.15. The van der Waals surface area contributed by atoms with Gasteiger partial charge in [-0.3, -0.25) is 0 Å². The second-order valence-electron chi connectivity index (χ2n) is 4.87. The van der Waals surface area contributed by atoms with Crippen molar-refractivity contribution in [2.45, 2.75) is 13.1 Å². The Morgan fingerprint density at radius 2 is 1.52 bits per heavy atom. The van der Waals surface area contributed by atoms with Crippen LogP contribution in [0, 0.1) is 0 Å². The van der Waals surface area contributed by atoms with Crippen molar-refractivity contribution in [3.8, 4) is 5.69 Å². The Bertz CT molecular complexity index is 673. The van der Waals surface area contributed by atoms with Crippen LogP contribution in [0.5, 0.6) is 0 Å². The van der Waals surface area contributed by atoms with Crippen molar-refractivity contribution in [3.63, 3.8) is 0 Å². The van der Waals surface area contributed by atoms with Gasteiger partial charge in [-0.25, -0.2) is 4.98 Å². The van der Waals surface area contributed by atoms with Crippen LogP contribution in [0.25, 0.3) is 5.69 Å². The van der Waals surface area contributed by atoms with E-state index in [-0.39, 0.29) is 0 Å². The first-order valence-corrected chi connectivity index (χ1v) is 7.63. The number of benzene rings is 2. The third-order valence-electron chi connectivity index (χ3n) is 3.31. The summed E-state index contributed by atoms with van der Waals surface area (Å²) in [6.07, 6.45) is 5.54. The molecule has 0 aliphatic heterocycles. The van der Waals surface area contributed by atoms with E-state index in [1.54, 1.807) is 12.5 Å². The lowest BCUT2D eigenvalue weighted by molar-refractivity contribution is 0.693. The van der Waals surface area contributed by atoms with Gasteiger partial charge in [0.2, 0.25) is 0 Å². The third kappa shape index (κ3) is 3.80. The number of halogens is 1. The molecule has 0 unspecified atom stereocenters. The predicted octanol–water partition coefficient (Wildman–Crippen LogP) is 3.92. The minimum atomic E-state index is 0.861. The van der Waals surface area contributed by atoms with E-state index in [1.807, 2.05) is 10.8 Å². The SMILES string of the molecule is Brc1ccc(CNCc2ccc(-n3ccnc3)cc2)cc1. The average molecular weight is 342 g/mol. The molecule has 1 heterocycles. The highest BCUT2D eigenvalue weighted by Gasteiger charge is 1.97. The molecule has 3 rings (SSSR count). The quantitative estimate of drug-likeness (QED) is 0.762. The fraction of sp³-hybridized carbons (Fsp3) is 0.118. The summed E-state index contributed by atoms with van der Waals surface area (Å²) >= 11 is 3.45. The van der Waals surface area contributed by atoms with Gasteiger partial charge in [-0.05, 0) is 35.4 Å².